The van der Waals surface area contributed by atoms with Gasteiger partial charge in [0.05, 0.1) is 17.6 Å². The van der Waals surface area contributed by atoms with Crippen LogP contribution in [0.3, 0.4) is 0 Å². The molecule has 156 valence electrons. The van der Waals surface area contributed by atoms with E-state index in [2.05, 4.69) is 46.7 Å². The number of methoxy groups -OCH3 is 1. The molecule has 6 nitrogen and oxygen atoms in total. The van der Waals surface area contributed by atoms with Crippen molar-refractivity contribution < 1.29 is 14.3 Å². The lowest BCUT2D eigenvalue weighted by Gasteiger charge is -2.19. The first-order valence-corrected chi connectivity index (χ1v) is 10.8. The molecule has 0 radical (unpaired) electrons. The zero-order valence-corrected chi connectivity index (χ0v) is 18.3. The Balaban J connectivity index is 1.62. The lowest BCUT2D eigenvalue weighted by molar-refractivity contribution is -0.115. The summed E-state index contributed by atoms with van der Waals surface area (Å²) >= 11 is 1.60. The molecule has 0 saturated heterocycles. The first-order valence-electron chi connectivity index (χ1n) is 9.83. The minimum Gasteiger partial charge on any atom is -0.493 e. The van der Waals surface area contributed by atoms with Crippen molar-refractivity contribution in [3.63, 3.8) is 0 Å². The molecule has 0 saturated carbocycles. The molecule has 1 aliphatic heterocycles. The highest BCUT2D eigenvalue weighted by molar-refractivity contribution is 8.01. The van der Waals surface area contributed by atoms with Crippen LogP contribution in [0.1, 0.15) is 40.1 Å². The number of thioether (sulfide) groups is 1. The van der Waals surface area contributed by atoms with E-state index in [1.165, 1.54) is 5.56 Å². The molecule has 2 heterocycles. The Morgan fingerprint density at radius 3 is 2.60 bits per heavy atom. The van der Waals surface area contributed by atoms with Crippen molar-refractivity contribution in [2.75, 3.05) is 12.4 Å². The van der Waals surface area contributed by atoms with E-state index in [9.17, 15) is 4.79 Å². The van der Waals surface area contributed by atoms with Gasteiger partial charge in [0, 0.05) is 11.3 Å². The van der Waals surface area contributed by atoms with Crippen molar-refractivity contribution in [2.45, 2.75) is 37.9 Å². The summed E-state index contributed by atoms with van der Waals surface area (Å²) in [5.74, 6) is 1.91. The Bertz CT molecular complexity index is 1060. The number of aromatic amines is 1. The van der Waals surface area contributed by atoms with Crippen molar-refractivity contribution in [3.05, 3.63) is 70.4 Å². The summed E-state index contributed by atoms with van der Waals surface area (Å²) in [5, 5.41) is 9.94. The summed E-state index contributed by atoms with van der Waals surface area (Å²) in [4.78, 5) is 12.4. The van der Waals surface area contributed by atoms with Crippen LogP contribution in [-0.4, -0.2) is 28.5 Å². The van der Waals surface area contributed by atoms with E-state index in [-0.39, 0.29) is 16.4 Å². The number of benzene rings is 2. The number of rotatable bonds is 5. The third-order valence-electron chi connectivity index (χ3n) is 5.21. The zero-order chi connectivity index (χ0) is 21.3. The number of anilines is 1. The van der Waals surface area contributed by atoms with Crippen LogP contribution in [0.15, 0.2) is 42.5 Å². The minimum absolute atomic E-state index is 0.0414. The van der Waals surface area contributed by atoms with Crippen LogP contribution in [0, 0.1) is 13.8 Å². The number of hydrogen-bond acceptors (Lipinski definition) is 5. The van der Waals surface area contributed by atoms with Crippen molar-refractivity contribution >= 4 is 23.5 Å². The number of nitrogens with one attached hydrogen (secondary N) is 2. The number of aryl methyl sites for hydroxylation is 2. The Morgan fingerprint density at radius 2 is 1.87 bits per heavy atom. The second-order valence-corrected chi connectivity index (χ2v) is 8.89. The van der Waals surface area contributed by atoms with E-state index in [1.54, 1.807) is 18.9 Å². The van der Waals surface area contributed by atoms with Gasteiger partial charge >= 0.3 is 0 Å². The molecule has 2 unspecified atom stereocenters. The maximum Gasteiger partial charge on any atom is 0.238 e. The van der Waals surface area contributed by atoms with Gasteiger partial charge < -0.3 is 14.8 Å². The van der Waals surface area contributed by atoms with Crippen molar-refractivity contribution in [2.24, 2.45) is 0 Å². The summed E-state index contributed by atoms with van der Waals surface area (Å²) in [6, 6.07) is 14.2. The number of amides is 1. The van der Waals surface area contributed by atoms with Crippen molar-refractivity contribution in [1.29, 1.82) is 0 Å². The van der Waals surface area contributed by atoms with Gasteiger partial charge in [0.2, 0.25) is 5.91 Å². The fourth-order valence-electron chi connectivity index (χ4n) is 3.46. The molecule has 0 spiro atoms. The summed E-state index contributed by atoms with van der Waals surface area (Å²) < 4.78 is 11.6. The Kier molecular flexibility index (Phi) is 5.72. The lowest BCUT2D eigenvalue weighted by atomic mass is 10.0. The van der Waals surface area contributed by atoms with Gasteiger partial charge in [-0.25, -0.2) is 0 Å². The highest BCUT2D eigenvalue weighted by atomic mass is 32.2. The van der Waals surface area contributed by atoms with Crippen molar-refractivity contribution in [1.82, 2.24) is 10.2 Å². The molecular weight excluding hydrogens is 398 g/mol. The van der Waals surface area contributed by atoms with Gasteiger partial charge in [0.25, 0.3) is 0 Å². The van der Waals surface area contributed by atoms with Crippen LogP contribution in [-0.2, 0) is 11.4 Å². The van der Waals surface area contributed by atoms with Gasteiger partial charge in [-0.2, -0.15) is 5.10 Å². The van der Waals surface area contributed by atoms with Gasteiger partial charge in [-0.15, -0.1) is 11.8 Å². The molecule has 2 atom stereocenters. The standard InChI is InChI=1S/C23H25N3O3S/c1-13-5-7-16(8-6-13)12-29-18-10-9-17(11-19(18)28-4)21-20-14(2)25-26-22(20)24-23(27)15(3)30-21/h5-11,15,21H,12H2,1-4H3,(H2,24,25,26,27). The molecule has 1 aliphatic rings. The molecule has 7 heteroatoms. The van der Waals surface area contributed by atoms with Gasteiger partial charge in [0.15, 0.2) is 17.3 Å². The molecular formula is C23H25N3O3S. The fraction of sp³-hybridized carbons (Fsp3) is 0.304. The highest BCUT2D eigenvalue weighted by Crippen LogP contribution is 2.46. The molecule has 0 bridgehead atoms. The number of carbonyl (C=O) groups is 1. The van der Waals surface area contributed by atoms with Crippen LogP contribution in [0.5, 0.6) is 11.5 Å². The fourth-order valence-corrected chi connectivity index (χ4v) is 4.78. The third-order valence-corrected chi connectivity index (χ3v) is 6.62. The smallest absolute Gasteiger partial charge is 0.238 e. The summed E-state index contributed by atoms with van der Waals surface area (Å²) in [6.07, 6.45) is 0. The molecule has 3 aromatic rings. The SMILES string of the molecule is COc1cc(C2SC(C)C(=O)Nc3n[nH]c(C)c32)ccc1OCc1ccc(C)cc1. The Hall–Kier alpha value is -2.93. The number of fused-ring (bicyclic) bond motifs is 1. The summed E-state index contributed by atoms with van der Waals surface area (Å²) in [6.45, 7) is 6.41. The van der Waals surface area contributed by atoms with E-state index in [1.807, 2.05) is 32.0 Å². The Morgan fingerprint density at radius 1 is 1.10 bits per heavy atom. The summed E-state index contributed by atoms with van der Waals surface area (Å²) in [7, 11) is 1.64. The number of H-pyrrole nitrogens is 1. The largest absolute Gasteiger partial charge is 0.493 e. The number of ether oxygens (including phenoxy) is 2. The summed E-state index contributed by atoms with van der Waals surface area (Å²) in [5.41, 5.74) is 5.29. The molecule has 2 N–H and O–H groups in total. The monoisotopic (exact) mass is 423 g/mol. The third kappa shape index (κ3) is 4.03. The molecule has 30 heavy (non-hydrogen) atoms. The van der Waals surface area contributed by atoms with Crippen LogP contribution in [0.25, 0.3) is 0 Å². The molecule has 1 aromatic heterocycles. The quantitative estimate of drug-likeness (QED) is 0.618. The van der Waals surface area contributed by atoms with E-state index < -0.39 is 0 Å². The second kappa shape index (κ2) is 8.44. The minimum atomic E-state index is -0.202. The molecule has 0 fully saturated rings. The molecule has 0 aliphatic carbocycles. The van der Waals surface area contributed by atoms with E-state index in [4.69, 9.17) is 9.47 Å². The maximum absolute atomic E-state index is 12.4. The number of nitrogens with zero attached hydrogens (tertiary/aromatic N) is 1. The Labute approximate surface area is 180 Å². The number of hydrogen-bond donors (Lipinski definition) is 2. The van der Waals surface area contributed by atoms with Crippen LogP contribution < -0.4 is 14.8 Å². The van der Waals surface area contributed by atoms with Crippen molar-refractivity contribution in [3.8, 4) is 11.5 Å². The van der Waals surface area contributed by atoms with Gasteiger partial charge in [-0.3, -0.25) is 9.89 Å². The van der Waals surface area contributed by atoms with Crippen LogP contribution in [0.4, 0.5) is 5.82 Å². The maximum atomic E-state index is 12.4. The lowest BCUT2D eigenvalue weighted by Crippen LogP contribution is -2.21. The average molecular weight is 424 g/mol. The average Bonchev–Trinajstić information content (AvgIpc) is 3.04. The predicted octanol–water partition coefficient (Wildman–Crippen LogP) is 4.78. The number of carbonyl (C=O) groups excluding carboxylic acids is 1. The van der Waals surface area contributed by atoms with E-state index in [0.29, 0.717) is 23.9 Å². The zero-order valence-electron chi connectivity index (χ0n) is 17.5. The van der Waals surface area contributed by atoms with E-state index in [0.717, 1.165) is 22.4 Å². The van der Waals surface area contributed by atoms with Crippen LogP contribution >= 0.6 is 11.8 Å². The first-order chi connectivity index (χ1) is 14.5. The number of aromatic nitrogens is 2. The topological polar surface area (TPSA) is 76.2 Å². The normalized spacial score (nSPS) is 18.3. The van der Waals surface area contributed by atoms with E-state index >= 15 is 0 Å². The van der Waals surface area contributed by atoms with Crippen LogP contribution in [0.2, 0.25) is 0 Å². The highest BCUT2D eigenvalue weighted by Gasteiger charge is 2.32. The van der Waals surface area contributed by atoms with Gasteiger partial charge in [-0.1, -0.05) is 35.9 Å². The molecule has 2 aromatic carbocycles. The molecule has 4 rings (SSSR count). The molecule has 1 amide bonds. The first kappa shape index (κ1) is 20.3. The van der Waals surface area contributed by atoms with Gasteiger partial charge in [-0.05, 0) is 44.0 Å². The predicted molar refractivity (Wildman–Crippen MR) is 119 cm³/mol. The second-order valence-electron chi connectivity index (χ2n) is 7.44. The van der Waals surface area contributed by atoms with Gasteiger partial charge in [0.1, 0.15) is 6.61 Å².